The van der Waals surface area contributed by atoms with Crippen LogP contribution in [0.3, 0.4) is 0 Å². The number of para-hydroxylation sites is 1. The van der Waals surface area contributed by atoms with Crippen LogP contribution in [0.15, 0.2) is 29.3 Å². The molecule has 1 aromatic rings. The topological polar surface area (TPSA) is 137 Å². The van der Waals surface area contributed by atoms with Gasteiger partial charge in [0, 0.05) is 48.5 Å². The SMILES string of the molecule is Oc1ccccc1C=NCCN1CCOCC1.[Cu+].[Cu].[N-]=[N+]=[N-].[NH2-]. The van der Waals surface area contributed by atoms with E-state index in [4.69, 9.17) is 15.8 Å². The molecular weight excluding hydrogens is 399 g/mol. The maximum Gasteiger partial charge on any atom is 1.00 e. The number of hydrogen-bond acceptors (Lipinski definition) is 4. The number of morpholine rings is 1. The minimum atomic E-state index is 0. The zero-order valence-electron chi connectivity index (χ0n) is 12.4. The molecule has 137 valence electrons. The maximum atomic E-state index is 9.54. The molecule has 1 fully saturated rings. The summed E-state index contributed by atoms with van der Waals surface area (Å²) in [4.78, 5) is 8.17. The molecule has 0 saturated carbocycles. The second-order valence-electron chi connectivity index (χ2n) is 4.14. The van der Waals surface area contributed by atoms with E-state index in [0.29, 0.717) is 0 Å². The predicted molar refractivity (Wildman–Crippen MR) is 83.2 cm³/mol. The second kappa shape index (κ2) is 17.3. The Balaban J connectivity index is -0.000000620. The van der Waals surface area contributed by atoms with E-state index >= 15 is 0 Å². The van der Waals surface area contributed by atoms with E-state index in [1.54, 1.807) is 18.3 Å². The van der Waals surface area contributed by atoms with E-state index in [0.717, 1.165) is 45.0 Å². The summed E-state index contributed by atoms with van der Waals surface area (Å²) in [5.41, 5.74) is 14.3. The third-order valence-electron chi connectivity index (χ3n) is 2.82. The summed E-state index contributed by atoms with van der Waals surface area (Å²) >= 11 is 0. The van der Waals surface area contributed by atoms with Crippen molar-refractivity contribution >= 4 is 6.21 Å². The number of aliphatic imine (C=N–C) groups is 1. The van der Waals surface area contributed by atoms with Crippen LogP contribution in [0.5, 0.6) is 5.75 Å². The average Bonchev–Trinajstić information content (AvgIpc) is 2.47. The number of benzene rings is 1. The summed E-state index contributed by atoms with van der Waals surface area (Å²) in [5, 5.41) is 9.54. The standard InChI is InChI=1S/C13H18N2O2.2Cu.N3.H2N/c16-13-4-2-1-3-12(13)11-14-5-6-15-7-9-17-10-8-15;;;1-3-2;/h1-4,11,16H,5-10H2;;;;1H2/q;;+1;2*-1. The molecule has 1 aliphatic rings. The van der Waals surface area contributed by atoms with Crippen LogP contribution >= 0.6 is 0 Å². The fourth-order valence-corrected chi connectivity index (χ4v) is 1.78. The first kappa shape index (κ1) is 26.8. The monoisotopic (exact) mass is 418 g/mol. The molecular formula is C13H20Cu2N6O2-. The summed E-state index contributed by atoms with van der Waals surface area (Å²) in [5.74, 6) is 0.280. The van der Waals surface area contributed by atoms with E-state index in [2.05, 4.69) is 9.89 Å². The van der Waals surface area contributed by atoms with Gasteiger partial charge in [-0.2, -0.15) is 0 Å². The smallest absolute Gasteiger partial charge is 0.693 e. The molecule has 0 aliphatic carbocycles. The molecule has 0 amide bonds. The number of phenolic OH excluding ortho intramolecular Hbond substituents is 1. The molecule has 23 heavy (non-hydrogen) atoms. The number of phenols is 1. The van der Waals surface area contributed by atoms with Crippen molar-refractivity contribution in [3.8, 4) is 5.75 Å². The van der Waals surface area contributed by atoms with E-state index < -0.39 is 0 Å². The molecule has 0 aromatic heterocycles. The molecule has 1 radical (unpaired) electrons. The molecule has 1 saturated heterocycles. The summed E-state index contributed by atoms with van der Waals surface area (Å²) in [6, 6.07) is 7.22. The average molecular weight is 419 g/mol. The molecule has 8 nitrogen and oxygen atoms in total. The Morgan fingerprint density at radius 3 is 2.39 bits per heavy atom. The van der Waals surface area contributed by atoms with Crippen molar-refractivity contribution in [3.63, 3.8) is 0 Å². The van der Waals surface area contributed by atoms with Crippen LogP contribution in [0.4, 0.5) is 0 Å². The number of aromatic hydroxyl groups is 1. The van der Waals surface area contributed by atoms with Crippen LogP contribution in [-0.2, 0) is 38.9 Å². The minimum absolute atomic E-state index is 0. The number of nitrogens with two attached hydrogens (primary N) is 1. The summed E-state index contributed by atoms with van der Waals surface area (Å²) in [6.45, 7) is 5.34. The number of ether oxygens (including phenoxy) is 1. The molecule has 1 heterocycles. The summed E-state index contributed by atoms with van der Waals surface area (Å²) in [6.07, 6.45) is 1.73. The Kier molecular flexibility index (Phi) is 20.1. The van der Waals surface area contributed by atoms with Gasteiger partial charge in [-0.15, -0.1) is 0 Å². The maximum absolute atomic E-state index is 9.54. The van der Waals surface area contributed by atoms with Gasteiger partial charge in [-0.05, 0) is 12.1 Å². The largest absolute Gasteiger partial charge is 1.00 e. The van der Waals surface area contributed by atoms with Gasteiger partial charge in [-0.3, -0.25) is 14.8 Å². The Hall–Kier alpha value is -1.08. The van der Waals surface area contributed by atoms with Gasteiger partial charge in [0.05, 0.1) is 19.8 Å². The van der Waals surface area contributed by atoms with Gasteiger partial charge in [0.25, 0.3) is 0 Å². The van der Waals surface area contributed by atoms with Crippen molar-refractivity contribution in [2.45, 2.75) is 0 Å². The third-order valence-corrected chi connectivity index (χ3v) is 2.82. The third kappa shape index (κ3) is 12.1. The molecule has 1 aromatic carbocycles. The Labute approximate surface area is 157 Å². The molecule has 0 bridgehead atoms. The van der Waals surface area contributed by atoms with Crippen molar-refractivity contribution in [1.82, 2.24) is 4.90 Å². The van der Waals surface area contributed by atoms with Crippen LogP contribution in [0.25, 0.3) is 22.1 Å². The van der Waals surface area contributed by atoms with Crippen molar-refractivity contribution < 1.29 is 44.0 Å². The van der Waals surface area contributed by atoms with Crippen LogP contribution < -0.4 is 0 Å². The first-order chi connectivity index (χ1) is 9.77. The Morgan fingerprint density at radius 2 is 1.83 bits per heavy atom. The van der Waals surface area contributed by atoms with Gasteiger partial charge in [-0.25, -0.2) is 0 Å². The van der Waals surface area contributed by atoms with Crippen LogP contribution in [0, 0.1) is 0 Å². The van der Waals surface area contributed by atoms with Gasteiger partial charge in [0.2, 0.25) is 0 Å². The molecule has 10 heteroatoms. The van der Waals surface area contributed by atoms with Crippen molar-refractivity contribution in [2.75, 3.05) is 39.4 Å². The number of rotatable bonds is 4. The summed E-state index contributed by atoms with van der Waals surface area (Å²) in [7, 11) is 0. The van der Waals surface area contributed by atoms with Crippen molar-refractivity contribution in [3.05, 3.63) is 52.0 Å². The molecule has 0 atom stereocenters. The second-order valence-corrected chi connectivity index (χ2v) is 4.14. The van der Waals surface area contributed by atoms with Gasteiger partial charge in [0.1, 0.15) is 5.75 Å². The van der Waals surface area contributed by atoms with Gasteiger partial charge < -0.3 is 27.1 Å². The fourth-order valence-electron chi connectivity index (χ4n) is 1.78. The zero-order chi connectivity index (χ0) is 14.6. The predicted octanol–water partition coefficient (Wildman–Crippen LogP) is 2.72. The molecule has 0 unspecified atom stereocenters. The van der Waals surface area contributed by atoms with Crippen LogP contribution in [0.2, 0.25) is 0 Å². The van der Waals surface area contributed by atoms with E-state index in [1.165, 1.54) is 4.91 Å². The Morgan fingerprint density at radius 1 is 1.26 bits per heavy atom. The number of hydrogen-bond donors (Lipinski definition) is 1. The normalized spacial score (nSPS) is 13.4. The minimum Gasteiger partial charge on any atom is -0.693 e. The molecule has 0 spiro atoms. The molecule has 1 aliphatic heterocycles. The first-order valence-corrected chi connectivity index (χ1v) is 6.34. The van der Waals surface area contributed by atoms with Gasteiger partial charge in [0.15, 0.2) is 0 Å². The van der Waals surface area contributed by atoms with Crippen LogP contribution in [-0.4, -0.2) is 55.6 Å². The Bertz CT molecular complexity index is 464. The van der Waals surface area contributed by atoms with Crippen molar-refractivity contribution in [2.24, 2.45) is 4.99 Å². The molecule has 3 N–H and O–H groups in total. The van der Waals surface area contributed by atoms with Crippen molar-refractivity contribution in [1.29, 1.82) is 0 Å². The van der Waals surface area contributed by atoms with Gasteiger partial charge in [-0.1, -0.05) is 12.1 Å². The first-order valence-electron chi connectivity index (χ1n) is 6.34. The van der Waals surface area contributed by atoms with E-state index in [-0.39, 0.29) is 46.0 Å². The van der Waals surface area contributed by atoms with E-state index in [1.807, 2.05) is 12.1 Å². The van der Waals surface area contributed by atoms with E-state index in [9.17, 15) is 5.11 Å². The summed E-state index contributed by atoms with van der Waals surface area (Å²) < 4.78 is 5.28. The van der Waals surface area contributed by atoms with Gasteiger partial charge >= 0.3 is 17.1 Å². The zero-order valence-corrected chi connectivity index (χ0v) is 14.3. The molecule has 2 rings (SSSR count). The number of nitrogens with zero attached hydrogens (tertiary/aromatic N) is 5. The fraction of sp³-hybridized carbons (Fsp3) is 0.462. The van der Waals surface area contributed by atoms with Crippen LogP contribution in [0.1, 0.15) is 5.56 Å². The quantitative estimate of drug-likeness (QED) is 0.264.